The van der Waals surface area contributed by atoms with Gasteiger partial charge in [-0.25, -0.2) is 22.3 Å². The maximum Gasteiger partial charge on any atom is 1.00 e. The number of carbonyl (C=O) groups is 1. The van der Waals surface area contributed by atoms with Crippen LogP contribution in [-0.2, 0) is 4.79 Å². The van der Waals surface area contributed by atoms with Crippen LogP contribution in [0.5, 0.6) is 0 Å². The Labute approximate surface area is 266 Å². The summed E-state index contributed by atoms with van der Waals surface area (Å²) < 4.78 is 16.2. The SMILES string of the molecule is CCC.O=CO.[B]C[CH2-].[CH-]=C(C=N)c1cnc2ccc(C3=C(c4cc(Cl)ccc4F)[N+](C)=C3)nc2c1.[K+]. The number of halogens is 2. The first-order valence-electron chi connectivity index (χ1n) is 11.0. The third-order valence-corrected chi connectivity index (χ3v) is 4.65. The van der Waals surface area contributed by atoms with Crippen molar-refractivity contribution in [2.45, 2.75) is 26.6 Å². The molecule has 10 heteroatoms. The van der Waals surface area contributed by atoms with Crippen molar-refractivity contribution >= 4 is 66.2 Å². The number of aromatic nitrogens is 2. The van der Waals surface area contributed by atoms with Gasteiger partial charge in [0.15, 0.2) is 6.21 Å². The molecule has 1 aromatic carbocycles. The summed E-state index contributed by atoms with van der Waals surface area (Å²) in [5.74, 6) is -0.343. The van der Waals surface area contributed by atoms with Crippen LogP contribution in [0.2, 0.25) is 11.3 Å². The number of fused-ring (bicyclic) bond motifs is 1. The van der Waals surface area contributed by atoms with Crippen molar-refractivity contribution in [1.82, 2.24) is 9.97 Å². The number of benzene rings is 1. The van der Waals surface area contributed by atoms with Crippen LogP contribution in [0.3, 0.4) is 0 Å². The summed E-state index contributed by atoms with van der Waals surface area (Å²) in [5.41, 5.74) is 4.96. The maximum atomic E-state index is 14.3. The Kier molecular flexibility index (Phi) is 17.3. The third-order valence-electron chi connectivity index (χ3n) is 4.42. The Bertz CT molecular complexity index is 1300. The Morgan fingerprint density at radius 3 is 2.41 bits per heavy atom. The Morgan fingerprint density at radius 1 is 1.27 bits per heavy atom. The van der Waals surface area contributed by atoms with Crippen LogP contribution in [-0.4, -0.2) is 53.4 Å². The Balaban J connectivity index is 0.00000114. The van der Waals surface area contributed by atoms with Gasteiger partial charge in [0.25, 0.3) is 6.47 Å². The van der Waals surface area contributed by atoms with Crippen molar-refractivity contribution < 1.29 is 70.3 Å². The van der Waals surface area contributed by atoms with Gasteiger partial charge in [0.2, 0.25) is 5.70 Å². The molecule has 3 heterocycles. The molecular weight excluding hydrogens is 517 g/mol. The molecule has 0 saturated carbocycles. The topological polar surface area (TPSA) is 89.9 Å². The zero-order chi connectivity index (χ0) is 27.3. The van der Waals surface area contributed by atoms with E-state index in [9.17, 15) is 4.39 Å². The first-order chi connectivity index (χ1) is 17.2. The molecule has 2 aromatic heterocycles. The van der Waals surface area contributed by atoms with Crippen LogP contribution in [0, 0.1) is 24.7 Å². The summed E-state index contributed by atoms with van der Waals surface area (Å²) in [6.45, 7) is 13.1. The minimum Gasteiger partial charge on any atom is -0.483 e. The number of pyridine rings is 2. The number of nitrogens with zero attached hydrogens (tertiary/aromatic N) is 3. The molecular formula is C27H28BClFKN4O2. The molecule has 0 unspecified atom stereocenters. The fourth-order valence-electron chi connectivity index (χ4n) is 3.04. The first-order valence-corrected chi connectivity index (χ1v) is 11.3. The van der Waals surface area contributed by atoms with Crippen LogP contribution in [0.1, 0.15) is 37.1 Å². The van der Waals surface area contributed by atoms with Gasteiger partial charge >= 0.3 is 51.4 Å². The van der Waals surface area contributed by atoms with E-state index in [1.807, 2.05) is 30.0 Å². The monoisotopic (exact) mass is 544 g/mol. The van der Waals surface area contributed by atoms with Crippen molar-refractivity contribution in [1.29, 1.82) is 5.41 Å². The molecule has 1 aliphatic rings. The number of hydrogen-bond donors (Lipinski definition) is 2. The molecule has 0 amide bonds. The zero-order valence-electron chi connectivity index (χ0n) is 21.5. The van der Waals surface area contributed by atoms with Crippen molar-refractivity contribution in [3.8, 4) is 0 Å². The molecule has 0 bridgehead atoms. The molecule has 186 valence electrons. The van der Waals surface area contributed by atoms with Gasteiger partial charge < -0.3 is 17.4 Å². The predicted octanol–water partition coefficient (Wildman–Crippen LogP) is 3.01. The van der Waals surface area contributed by atoms with Crippen LogP contribution in [0.15, 0.2) is 42.6 Å². The van der Waals surface area contributed by atoms with E-state index in [4.69, 9.17) is 41.3 Å². The molecule has 0 aliphatic carbocycles. The van der Waals surface area contributed by atoms with E-state index in [1.165, 1.54) is 18.6 Å². The van der Waals surface area contributed by atoms with Gasteiger partial charge in [0.1, 0.15) is 18.4 Å². The van der Waals surface area contributed by atoms with E-state index >= 15 is 0 Å². The van der Waals surface area contributed by atoms with Crippen LogP contribution >= 0.6 is 11.6 Å². The number of nitrogens with one attached hydrogen (secondary N) is 1. The van der Waals surface area contributed by atoms with E-state index in [0.29, 0.717) is 44.8 Å². The number of allylic oxidation sites excluding steroid dienone is 2. The average Bonchev–Trinajstić information content (AvgIpc) is 2.85. The molecule has 0 atom stereocenters. The molecule has 2 N–H and O–H groups in total. The molecule has 4 rings (SSSR count). The number of carboxylic acid groups (broad SMARTS) is 1. The molecule has 0 spiro atoms. The van der Waals surface area contributed by atoms with Gasteiger partial charge in [-0.3, -0.25) is 9.78 Å². The summed E-state index contributed by atoms with van der Waals surface area (Å²) in [6.07, 6.45) is 6.32. The van der Waals surface area contributed by atoms with Gasteiger partial charge in [0.05, 0.1) is 22.3 Å². The first kappa shape index (κ1) is 35.0. The molecule has 6 nitrogen and oxygen atoms in total. The van der Waals surface area contributed by atoms with E-state index in [-0.39, 0.29) is 63.7 Å². The molecule has 1 aliphatic heterocycles. The van der Waals surface area contributed by atoms with Crippen LogP contribution in [0.4, 0.5) is 4.39 Å². The number of hydrogen-bond acceptors (Lipinski definition) is 4. The zero-order valence-corrected chi connectivity index (χ0v) is 25.4. The molecule has 37 heavy (non-hydrogen) atoms. The average molecular weight is 545 g/mol. The second-order valence-electron chi connectivity index (χ2n) is 7.29. The van der Waals surface area contributed by atoms with Crippen molar-refractivity contribution in [3.05, 3.63) is 83.8 Å². The summed E-state index contributed by atoms with van der Waals surface area (Å²) >= 11 is 6.05. The Morgan fingerprint density at radius 2 is 1.86 bits per heavy atom. The van der Waals surface area contributed by atoms with E-state index in [2.05, 4.69) is 30.7 Å². The van der Waals surface area contributed by atoms with Gasteiger partial charge in [-0.1, -0.05) is 44.2 Å². The summed E-state index contributed by atoms with van der Waals surface area (Å²) in [6, 6.07) is 9.97. The molecule has 0 fully saturated rings. The van der Waals surface area contributed by atoms with Crippen LogP contribution in [0.25, 0.3) is 27.9 Å². The van der Waals surface area contributed by atoms with Gasteiger partial charge in [-0.05, 0) is 36.5 Å². The smallest absolute Gasteiger partial charge is 0.483 e. The quantitative estimate of drug-likeness (QED) is 0.174. The maximum absolute atomic E-state index is 14.3. The van der Waals surface area contributed by atoms with Gasteiger partial charge in [-0.2, -0.15) is 10.1 Å². The summed E-state index contributed by atoms with van der Waals surface area (Å²) in [7, 11) is 6.58. The normalized spacial score (nSPS) is 11.0. The molecule has 2 radical (unpaired) electrons. The van der Waals surface area contributed by atoms with Crippen molar-refractivity contribution in [2.24, 2.45) is 0 Å². The van der Waals surface area contributed by atoms with E-state index < -0.39 is 0 Å². The van der Waals surface area contributed by atoms with Crippen LogP contribution < -0.4 is 51.4 Å². The predicted molar refractivity (Wildman–Crippen MR) is 147 cm³/mol. The molecule has 3 aromatic rings. The molecule has 0 saturated heterocycles. The minimum absolute atomic E-state index is 0. The largest absolute Gasteiger partial charge is 1.00 e. The fraction of sp³-hybridized carbons (Fsp3) is 0.185. The van der Waals surface area contributed by atoms with Gasteiger partial charge in [0, 0.05) is 12.9 Å². The number of rotatable bonds is 4. The van der Waals surface area contributed by atoms with Gasteiger partial charge in [-0.15, -0.1) is 5.56 Å². The standard InChI is InChI=1S/C21H14ClFN4.C3H8.C2H4B.CH2O2.K/c1-12(9-24)13-7-20-19(25-10-13)6-5-18(26-20)16-11-27(2)21(16)15-8-14(22)3-4-17(15)23;1-3-2;1-2-3;2-1-3;/h1,3-11,24H,2H3;3H2,1-2H3;1-2H2;1H,(H,2,3);/q;;-1;;+1. The summed E-state index contributed by atoms with van der Waals surface area (Å²) in [4.78, 5) is 17.4. The summed E-state index contributed by atoms with van der Waals surface area (Å²) in [5, 5.41) is 14.6. The van der Waals surface area contributed by atoms with Crippen molar-refractivity contribution in [2.75, 3.05) is 7.05 Å². The minimum atomic E-state index is -0.343. The second-order valence-corrected chi connectivity index (χ2v) is 7.72. The van der Waals surface area contributed by atoms with E-state index in [0.717, 1.165) is 17.5 Å². The third kappa shape index (κ3) is 10.00. The Hall–Kier alpha value is -2.01. The van der Waals surface area contributed by atoms with Crippen molar-refractivity contribution in [3.63, 3.8) is 0 Å². The van der Waals surface area contributed by atoms with E-state index in [1.54, 1.807) is 18.3 Å². The fourth-order valence-corrected chi connectivity index (χ4v) is 3.21. The second kappa shape index (κ2) is 18.3.